The number of rotatable bonds is 4. The molecule has 0 bridgehead atoms. The summed E-state index contributed by atoms with van der Waals surface area (Å²) in [5.41, 5.74) is 14.8. The average molecular weight is 473 g/mol. The zero-order chi connectivity index (χ0) is 23.3. The van der Waals surface area contributed by atoms with E-state index >= 15 is 0 Å². The lowest BCUT2D eigenvalue weighted by Crippen LogP contribution is -3.00. The van der Waals surface area contributed by atoms with Crippen molar-refractivity contribution in [2.75, 3.05) is 6.61 Å². The van der Waals surface area contributed by atoms with E-state index in [-0.39, 0.29) is 12.4 Å². The van der Waals surface area contributed by atoms with E-state index in [1.54, 1.807) is 0 Å². The maximum absolute atomic E-state index is 5.89. The number of imidazole rings is 1. The maximum Gasteiger partial charge on any atom is 0.245 e. The van der Waals surface area contributed by atoms with Crippen LogP contribution in [0.5, 0.6) is 5.75 Å². The van der Waals surface area contributed by atoms with E-state index in [1.807, 2.05) is 0 Å². The summed E-state index contributed by atoms with van der Waals surface area (Å²) < 4.78 is 10.7. The minimum atomic E-state index is 0. The molecule has 0 N–H and O–H groups in total. The fourth-order valence-corrected chi connectivity index (χ4v) is 5.18. The Labute approximate surface area is 209 Å². The fourth-order valence-electron chi connectivity index (χ4n) is 5.18. The predicted molar refractivity (Wildman–Crippen MR) is 136 cm³/mol. The van der Waals surface area contributed by atoms with Gasteiger partial charge in [0, 0.05) is 11.1 Å². The third-order valence-corrected chi connectivity index (χ3v) is 7.65. The normalized spacial score (nSPS) is 12.7. The standard InChI is InChI=1S/C30H33N2O.ClH/c1-19-11-12-30-26(15-19)25(13-14-33-30)16-31-18-32(29-10-8-7-9-28(29)31)17-27-23(5)21(3)20(2)22(4)24(27)6;/h7-13,15,18H,14,16-17H2,1-6H3;1H/q+1;/p-1. The topological polar surface area (TPSA) is 18.0 Å². The van der Waals surface area contributed by atoms with Crippen molar-refractivity contribution in [2.45, 2.75) is 54.6 Å². The number of allylic oxidation sites excluding steroid dienone is 1. The fraction of sp³-hybridized carbons (Fsp3) is 0.300. The van der Waals surface area contributed by atoms with Gasteiger partial charge >= 0.3 is 0 Å². The van der Waals surface area contributed by atoms with Gasteiger partial charge in [-0.3, -0.25) is 0 Å². The molecule has 1 aliphatic rings. The summed E-state index contributed by atoms with van der Waals surface area (Å²) in [7, 11) is 0. The van der Waals surface area contributed by atoms with Gasteiger partial charge in [-0.2, -0.15) is 0 Å². The molecule has 1 aromatic heterocycles. The molecule has 0 spiro atoms. The van der Waals surface area contributed by atoms with Crippen LogP contribution in [-0.4, -0.2) is 11.2 Å². The first-order valence-corrected chi connectivity index (χ1v) is 11.8. The molecule has 34 heavy (non-hydrogen) atoms. The highest BCUT2D eigenvalue weighted by molar-refractivity contribution is 5.74. The van der Waals surface area contributed by atoms with Crippen LogP contribution in [0.1, 0.15) is 44.5 Å². The molecule has 0 radical (unpaired) electrons. The minimum absolute atomic E-state index is 0. The predicted octanol–water partition coefficient (Wildman–Crippen LogP) is 3.31. The van der Waals surface area contributed by atoms with Gasteiger partial charge in [-0.05, 0) is 105 Å². The van der Waals surface area contributed by atoms with E-state index in [9.17, 15) is 0 Å². The van der Waals surface area contributed by atoms with Crippen molar-refractivity contribution in [1.29, 1.82) is 0 Å². The molecule has 0 saturated heterocycles. The minimum Gasteiger partial charge on any atom is -1.00 e. The highest BCUT2D eigenvalue weighted by Gasteiger charge is 2.22. The van der Waals surface area contributed by atoms with Crippen molar-refractivity contribution in [3.05, 3.63) is 99.4 Å². The summed E-state index contributed by atoms with van der Waals surface area (Å²) in [5.74, 6) is 0.985. The molecule has 0 fully saturated rings. The van der Waals surface area contributed by atoms with Crippen molar-refractivity contribution < 1.29 is 21.7 Å². The Hall–Kier alpha value is -3.04. The van der Waals surface area contributed by atoms with E-state index in [0.29, 0.717) is 6.61 Å². The molecule has 0 atom stereocenters. The Bertz CT molecular complexity index is 1400. The van der Waals surface area contributed by atoms with E-state index in [4.69, 9.17) is 4.74 Å². The summed E-state index contributed by atoms with van der Waals surface area (Å²) in [6.45, 7) is 15.8. The molecular weight excluding hydrogens is 440 g/mol. The molecule has 3 aromatic carbocycles. The number of ether oxygens (including phenoxy) is 1. The van der Waals surface area contributed by atoms with E-state index in [1.165, 1.54) is 61.1 Å². The van der Waals surface area contributed by atoms with Crippen LogP contribution in [0.4, 0.5) is 0 Å². The first-order valence-electron chi connectivity index (χ1n) is 11.8. The number of hydrogen-bond acceptors (Lipinski definition) is 1. The van der Waals surface area contributed by atoms with Crippen LogP contribution in [0.2, 0.25) is 0 Å². The number of aryl methyl sites for hydroxylation is 1. The quantitative estimate of drug-likeness (QED) is 0.417. The summed E-state index contributed by atoms with van der Waals surface area (Å²) >= 11 is 0. The first-order chi connectivity index (χ1) is 15.8. The SMILES string of the molecule is Cc1ccc2c(c1)C(C[n+]1cn(Cc3c(C)c(C)c(C)c(C)c3C)c3ccccc31)=CCO2.[Cl-]. The lowest BCUT2D eigenvalue weighted by molar-refractivity contribution is -0.659. The van der Waals surface area contributed by atoms with E-state index in [0.717, 1.165) is 18.8 Å². The third-order valence-electron chi connectivity index (χ3n) is 7.65. The molecule has 176 valence electrons. The number of halogens is 1. The van der Waals surface area contributed by atoms with E-state index in [2.05, 4.69) is 106 Å². The van der Waals surface area contributed by atoms with Gasteiger partial charge in [0.15, 0.2) is 11.0 Å². The van der Waals surface area contributed by atoms with Gasteiger partial charge in [-0.15, -0.1) is 0 Å². The molecule has 3 nitrogen and oxygen atoms in total. The van der Waals surface area contributed by atoms with Gasteiger partial charge in [0.1, 0.15) is 25.4 Å². The molecule has 0 aliphatic carbocycles. The molecule has 4 heteroatoms. The molecule has 4 aromatic rings. The number of benzene rings is 3. The Morgan fingerprint density at radius 3 is 2.26 bits per heavy atom. The van der Waals surface area contributed by atoms with Crippen molar-refractivity contribution in [2.24, 2.45) is 0 Å². The van der Waals surface area contributed by atoms with Crippen LogP contribution >= 0.6 is 0 Å². The van der Waals surface area contributed by atoms with Crippen molar-refractivity contribution in [1.82, 2.24) is 4.57 Å². The molecule has 1 aliphatic heterocycles. The molecule has 0 saturated carbocycles. The maximum atomic E-state index is 5.89. The van der Waals surface area contributed by atoms with Gasteiger partial charge in [-0.1, -0.05) is 23.8 Å². The monoisotopic (exact) mass is 472 g/mol. The smallest absolute Gasteiger partial charge is 0.245 e. The first kappa shape index (κ1) is 24.1. The van der Waals surface area contributed by atoms with Crippen molar-refractivity contribution in [3.63, 3.8) is 0 Å². The number of para-hydroxylation sites is 2. The highest BCUT2D eigenvalue weighted by atomic mass is 35.5. The van der Waals surface area contributed by atoms with E-state index < -0.39 is 0 Å². The van der Waals surface area contributed by atoms with Gasteiger partial charge in [0.05, 0.1) is 0 Å². The third kappa shape index (κ3) is 4.03. The Morgan fingerprint density at radius 2 is 1.53 bits per heavy atom. The van der Waals surface area contributed by atoms with Crippen LogP contribution in [-0.2, 0) is 13.1 Å². The van der Waals surface area contributed by atoms with Gasteiger partial charge in [0.2, 0.25) is 6.33 Å². The van der Waals surface area contributed by atoms with Crippen molar-refractivity contribution in [3.8, 4) is 5.75 Å². The molecule has 0 amide bonds. The number of hydrogen-bond donors (Lipinski definition) is 0. The zero-order valence-corrected chi connectivity index (χ0v) is 21.8. The summed E-state index contributed by atoms with van der Waals surface area (Å²) in [6, 6.07) is 15.2. The Kier molecular flexibility index (Phi) is 6.60. The van der Waals surface area contributed by atoms with Crippen LogP contribution in [0.25, 0.3) is 16.6 Å². The molecule has 2 heterocycles. The highest BCUT2D eigenvalue weighted by Crippen LogP contribution is 2.31. The largest absolute Gasteiger partial charge is 1.00 e. The summed E-state index contributed by atoms with van der Waals surface area (Å²) in [6.07, 6.45) is 4.52. The zero-order valence-electron chi connectivity index (χ0n) is 21.0. The second-order valence-electron chi connectivity index (χ2n) is 9.50. The van der Waals surface area contributed by atoms with Gasteiger partial charge in [-0.25, -0.2) is 9.13 Å². The summed E-state index contributed by atoms with van der Waals surface area (Å²) in [5, 5.41) is 0. The lowest BCUT2D eigenvalue weighted by atomic mass is 9.89. The van der Waals surface area contributed by atoms with Gasteiger partial charge < -0.3 is 17.1 Å². The van der Waals surface area contributed by atoms with Crippen LogP contribution in [0, 0.1) is 41.5 Å². The van der Waals surface area contributed by atoms with Crippen LogP contribution < -0.4 is 21.7 Å². The van der Waals surface area contributed by atoms with Crippen molar-refractivity contribution >= 4 is 16.6 Å². The number of fused-ring (bicyclic) bond motifs is 2. The average Bonchev–Trinajstić information content (AvgIpc) is 3.17. The molecule has 5 rings (SSSR count). The lowest BCUT2D eigenvalue weighted by Gasteiger charge is -2.18. The molecular formula is C30H33ClN2O. The molecule has 0 unspecified atom stereocenters. The number of nitrogens with zero attached hydrogens (tertiary/aromatic N) is 2. The second-order valence-corrected chi connectivity index (χ2v) is 9.50. The van der Waals surface area contributed by atoms with Gasteiger partial charge in [0.25, 0.3) is 0 Å². The summed E-state index contributed by atoms with van der Waals surface area (Å²) in [4.78, 5) is 0. The van der Waals surface area contributed by atoms with Crippen LogP contribution in [0.3, 0.4) is 0 Å². The Morgan fingerprint density at radius 1 is 0.853 bits per heavy atom. The van der Waals surface area contributed by atoms with Crippen LogP contribution in [0.15, 0.2) is 54.9 Å². The number of aromatic nitrogens is 2. The Balaban J connectivity index is 0.00000274. The second kappa shape index (κ2) is 9.31.